The molecule has 2 amide bonds. The van der Waals surface area contributed by atoms with E-state index in [1.54, 1.807) is 0 Å². The van der Waals surface area contributed by atoms with E-state index in [0.717, 1.165) is 19.3 Å². The van der Waals surface area contributed by atoms with E-state index in [2.05, 4.69) is 5.43 Å². The minimum atomic E-state index is -3.67. The molecule has 0 bridgehead atoms. The zero-order chi connectivity index (χ0) is 19.2. The Morgan fingerprint density at radius 1 is 1.12 bits per heavy atom. The monoisotopic (exact) mass is 383 g/mol. The second-order valence-electron chi connectivity index (χ2n) is 5.80. The molecule has 0 aromatic heterocycles. The van der Waals surface area contributed by atoms with E-state index in [4.69, 9.17) is 4.74 Å². The molecule has 1 saturated heterocycles. The lowest BCUT2D eigenvalue weighted by atomic mass is 10.2. The van der Waals surface area contributed by atoms with Crippen LogP contribution in [0.5, 0.6) is 0 Å². The maximum absolute atomic E-state index is 12.6. The quantitative estimate of drug-likeness (QED) is 0.553. The van der Waals surface area contributed by atoms with Gasteiger partial charge in [-0.3, -0.25) is 20.4 Å². The summed E-state index contributed by atoms with van der Waals surface area (Å²) >= 11 is 0. The van der Waals surface area contributed by atoms with E-state index in [-0.39, 0.29) is 10.5 Å². The van der Waals surface area contributed by atoms with Gasteiger partial charge in [-0.25, -0.2) is 13.2 Å². The Balaban J connectivity index is 2.02. The number of sulfonamides is 1. The number of piperidine rings is 1. The number of carbonyl (C=O) groups excluding carboxylic acids is 3. The van der Waals surface area contributed by atoms with Gasteiger partial charge in [0.1, 0.15) is 0 Å². The van der Waals surface area contributed by atoms with Crippen LogP contribution in [0.25, 0.3) is 0 Å². The highest BCUT2D eigenvalue weighted by Gasteiger charge is 2.26. The van der Waals surface area contributed by atoms with Gasteiger partial charge in [-0.2, -0.15) is 4.31 Å². The van der Waals surface area contributed by atoms with Crippen molar-refractivity contribution in [3.8, 4) is 0 Å². The van der Waals surface area contributed by atoms with Crippen LogP contribution in [0.15, 0.2) is 29.2 Å². The molecular formula is C16H21N3O6S. The lowest BCUT2D eigenvalue weighted by Crippen LogP contribution is -2.42. The molecule has 10 heteroatoms. The Kier molecular flexibility index (Phi) is 6.70. The van der Waals surface area contributed by atoms with Crippen molar-refractivity contribution < 1.29 is 27.5 Å². The Labute approximate surface area is 151 Å². The SMILES string of the molecule is CC(=O)NNC(=O)COC(=O)c1cccc(S(=O)(=O)N2CCCCC2)c1. The summed E-state index contributed by atoms with van der Waals surface area (Å²) in [5, 5.41) is 0. The molecule has 26 heavy (non-hydrogen) atoms. The molecule has 1 aromatic carbocycles. The third-order valence-electron chi connectivity index (χ3n) is 3.73. The summed E-state index contributed by atoms with van der Waals surface area (Å²) < 4.78 is 31.5. The van der Waals surface area contributed by atoms with Crippen molar-refractivity contribution in [2.75, 3.05) is 19.7 Å². The second-order valence-corrected chi connectivity index (χ2v) is 7.74. The molecule has 1 aliphatic heterocycles. The van der Waals surface area contributed by atoms with Crippen LogP contribution in [0.2, 0.25) is 0 Å². The van der Waals surface area contributed by atoms with Gasteiger partial charge in [0.2, 0.25) is 15.9 Å². The largest absolute Gasteiger partial charge is 0.452 e. The van der Waals surface area contributed by atoms with Gasteiger partial charge in [-0.15, -0.1) is 0 Å². The van der Waals surface area contributed by atoms with Crippen LogP contribution in [-0.2, 0) is 24.3 Å². The predicted octanol–water partition coefficient (Wildman–Crippen LogP) is 0.185. The molecule has 0 atom stereocenters. The topological polar surface area (TPSA) is 122 Å². The molecule has 0 saturated carbocycles. The van der Waals surface area contributed by atoms with Gasteiger partial charge in [0.15, 0.2) is 6.61 Å². The van der Waals surface area contributed by atoms with Crippen LogP contribution < -0.4 is 10.9 Å². The molecule has 0 aliphatic carbocycles. The average Bonchev–Trinajstić information content (AvgIpc) is 2.65. The highest BCUT2D eigenvalue weighted by molar-refractivity contribution is 7.89. The standard InChI is InChI=1S/C16H21N3O6S/c1-12(20)17-18-15(21)11-25-16(22)13-6-5-7-14(10-13)26(23,24)19-8-3-2-4-9-19/h5-7,10H,2-4,8-9,11H2,1H3,(H,17,20)(H,18,21). The van der Waals surface area contributed by atoms with Gasteiger partial charge in [0.05, 0.1) is 10.5 Å². The van der Waals surface area contributed by atoms with E-state index in [0.29, 0.717) is 13.1 Å². The van der Waals surface area contributed by atoms with Gasteiger partial charge in [-0.05, 0) is 31.0 Å². The fraction of sp³-hybridized carbons (Fsp3) is 0.438. The Bertz CT molecular complexity index is 787. The van der Waals surface area contributed by atoms with Crippen molar-refractivity contribution >= 4 is 27.8 Å². The molecular weight excluding hydrogens is 362 g/mol. The number of esters is 1. The molecule has 0 spiro atoms. The number of nitrogens with one attached hydrogen (secondary N) is 2. The van der Waals surface area contributed by atoms with Crippen LogP contribution in [0.3, 0.4) is 0 Å². The van der Waals surface area contributed by atoms with E-state index in [1.165, 1.54) is 35.5 Å². The lowest BCUT2D eigenvalue weighted by Gasteiger charge is -2.25. The Morgan fingerprint density at radius 2 is 1.81 bits per heavy atom. The summed E-state index contributed by atoms with van der Waals surface area (Å²) in [5.41, 5.74) is 4.13. The molecule has 0 radical (unpaired) electrons. The number of amides is 2. The number of hydrogen-bond donors (Lipinski definition) is 2. The van der Waals surface area contributed by atoms with Crippen molar-refractivity contribution in [2.45, 2.75) is 31.1 Å². The molecule has 1 heterocycles. The smallest absolute Gasteiger partial charge is 0.338 e. The fourth-order valence-electron chi connectivity index (χ4n) is 2.45. The fourth-order valence-corrected chi connectivity index (χ4v) is 4.01. The summed E-state index contributed by atoms with van der Waals surface area (Å²) in [4.78, 5) is 34.1. The van der Waals surface area contributed by atoms with Gasteiger partial charge < -0.3 is 4.74 Å². The highest BCUT2D eigenvalue weighted by Crippen LogP contribution is 2.21. The van der Waals surface area contributed by atoms with Crippen molar-refractivity contribution in [3.63, 3.8) is 0 Å². The van der Waals surface area contributed by atoms with Crippen molar-refractivity contribution in [1.29, 1.82) is 0 Å². The van der Waals surface area contributed by atoms with Crippen molar-refractivity contribution in [2.24, 2.45) is 0 Å². The first-order valence-corrected chi connectivity index (χ1v) is 9.57. The number of rotatable bonds is 5. The normalized spacial score (nSPS) is 15.1. The third-order valence-corrected chi connectivity index (χ3v) is 5.63. The number of benzene rings is 1. The summed E-state index contributed by atoms with van der Waals surface area (Å²) in [5.74, 6) is -2.02. The average molecular weight is 383 g/mol. The maximum atomic E-state index is 12.6. The van der Waals surface area contributed by atoms with Gasteiger partial charge in [0.25, 0.3) is 5.91 Å². The first-order valence-electron chi connectivity index (χ1n) is 8.13. The summed E-state index contributed by atoms with van der Waals surface area (Å²) in [6.45, 7) is 1.52. The maximum Gasteiger partial charge on any atom is 0.338 e. The van der Waals surface area contributed by atoms with Crippen LogP contribution in [-0.4, -0.2) is 50.2 Å². The highest BCUT2D eigenvalue weighted by atomic mass is 32.2. The molecule has 2 rings (SSSR count). The zero-order valence-electron chi connectivity index (χ0n) is 14.4. The van der Waals surface area contributed by atoms with E-state index in [1.807, 2.05) is 5.43 Å². The summed E-state index contributed by atoms with van der Waals surface area (Å²) in [6.07, 6.45) is 2.62. The summed E-state index contributed by atoms with van der Waals surface area (Å²) in [6, 6.07) is 5.51. The van der Waals surface area contributed by atoms with Gasteiger partial charge >= 0.3 is 5.97 Å². The molecule has 2 N–H and O–H groups in total. The second kappa shape index (κ2) is 8.77. The summed E-state index contributed by atoms with van der Waals surface area (Å²) in [7, 11) is -3.67. The predicted molar refractivity (Wildman–Crippen MR) is 91.3 cm³/mol. The number of carbonyl (C=O) groups is 3. The van der Waals surface area contributed by atoms with Crippen LogP contribution in [0.4, 0.5) is 0 Å². The number of hydrazine groups is 1. The molecule has 0 unspecified atom stereocenters. The number of ether oxygens (including phenoxy) is 1. The molecule has 1 fully saturated rings. The molecule has 9 nitrogen and oxygen atoms in total. The molecule has 142 valence electrons. The zero-order valence-corrected chi connectivity index (χ0v) is 15.2. The van der Waals surface area contributed by atoms with E-state index >= 15 is 0 Å². The van der Waals surface area contributed by atoms with Crippen LogP contribution in [0.1, 0.15) is 36.5 Å². The van der Waals surface area contributed by atoms with Gasteiger partial charge in [-0.1, -0.05) is 12.5 Å². The lowest BCUT2D eigenvalue weighted by molar-refractivity contribution is -0.129. The van der Waals surface area contributed by atoms with Crippen molar-refractivity contribution in [1.82, 2.24) is 15.2 Å². The van der Waals surface area contributed by atoms with Crippen molar-refractivity contribution in [3.05, 3.63) is 29.8 Å². The van der Waals surface area contributed by atoms with E-state index < -0.39 is 34.4 Å². The first kappa shape index (κ1) is 19.9. The minimum Gasteiger partial charge on any atom is -0.452 e. The van der Waals surface area contributed by atoms with Crippen LogP contribution >= 0.6 is 0 Å². The minimum absolute atomic E-state index is 0.0107. The molecule has 1 aromatic rings. The number of nitrogens with zero attached hydrogens (tertiary/aromatic N) is 1. The Morgan fingerprint density at radius 3 is 2.46 bits per heavy atom. The Hall–Kier alpha value is -2.46. The van der Waals surface area contributed by atoms with Crippen LogP contribution in [0, 0.1) is 0 Å². The number of hydrogen-bond acceptors (Lipinski definition) is 6. The van der Waals surface area contributed by atoms with Gasteiger partial charge in [0, 0.05) is 20.0 Å². The van der Waals surface area contributed by atoms with E-state index in [9.17, 15) is 22.8 Å². The molecule has 1 aliphatic rings. The third kappa shape index (κ3) is 5.27. The first-order chi connectivity index (χ1) is 12.3.